The molecule has 15 heavy (non-hydrogen) atoms. The highest BCUT2D eigenvalue weighted by Crippen LogP contribution is 2.35. The van der Waals surface area contributed by atoms with Gasteiger partial charge < -0.3 is 4.74 Å². The van der Waals surface area contributed by atoms with Gasteiger partial charge in [-0.05, 0) is 24.6 Å². The molecule has 0 radical (unpaired) electrons. The zero-order valence-corrected chi connectivity index (χ0v) is 8.88. The van der Waals surface area contributed by atoms with Gasteiger partial charge in [-0.1, -0.05) is 23.7 Å². The summed E-state index contributed by atoms with van der Waals surface area (Å²) in [5.74, 6) is -0.989. The average Bonchev–Trinajstić information content (AvgIpc) is 2.42. The van der Waals surface area contributed by atoms with Crippen molar-refractivity contribution in [3.8, 4) is 0 Å². The molecule has 1 saturated heterocycles. The van der Waals surface area contributed by atoms with Crippen LogP contribution in [0.25, 0.3) is 0 Å². The number of benzene rings is 1. The fourth-order valence-corrected chi connectivity index (χ4v) is 1.85. The van der Waals surface area contributed by atoms with Crippen molar-refractivity contribution in [1.29, 1.82) is 0 Å². The molecule has 1 fully saturated rings. The van der Waals surface area contributed by atoms with Crippen LogP contribution in [0.5, 0.6) is 0 Å². The van der Waals surface area contributed by atoms with Crippen LogP contribution < -0.4 is 0 Å². The summed E-state index contributed by atoms with van der Waals surface area (Å²) >= 11 is 5.83. The van der Waals surface area contributed by atoms with Gasteiger partial charge in [-0.2, -0.15) is 0 Å². The van der Waals surface area contributed by atoms with Crippen molar-refractivity contribution in [3.63, 3.8) is 0 Å². The molecule has 3 nitrogen and oxygen atoms in total. The number of hydrogen-bond acceptors (Lipinski definition) is 3. The van der Waals surface area contributed by atoms with E-state index in [4.69, 9.17) is 11.6 Å². The molecule has 1 heterocycles. The molecule has 0 spiro atoms. The summed E-state index contributed by atoms with van der Waals surface area (Å²) in [7, 11) is 0. The second kappa shape index (κ2) is 3.35. The lowest BCUT2D eigenvalue weighted by atomic mass is 9.81. The predicted molar refractivity (Wildman–Crippen MR) is 54.5 cm³/mol. The fraction of sp³-hybridized carbons (Fsp3) is 0.273. The molecule has 4 heteroatoms. The SMILES string of the molecule is CC1(c2cccc(Cl)c2)CC(=O)OC1=O. The van der Waals surface area contributed by atoms with Crippen molar-refractivity contribution >= 4 is 23.5 Å². The normalized spacial score (nSPS) is 25.5. The van der Waals surface area contributed by atoms with Gasteiger partial charge in [-0.3, -0.25) is 9.59 Å². The number of carbonyl (C=O) groups is 2. The molecule has 0 bridgehead atoms. The van der Waals surface area contributed by atoms with Gasteiger partial charge in [0.05, 0.1) is 6.42 Å². The number of hydrogen-bond donors (Lipinski definition) is 0. The minimum absolute atomic E-state index is 0.0756. The van der Waals surface area contributed by atoms with E-state index >= 15 is 0 Å². The Hall–Kier alpha value is -1.35. The molecular weight excluding hydrogens is 216 g/mol. The van der Waals surface area contributed by atoms with Gasteiger partial charge in [0.15, 0.2) is 0 Å². The van der Waals surface area contributed by atoms with Crippen LogP contribution in [0.1, 0.15) is 18.9 Å². The van der Waals surface area contributed by atoms with Crippen molar-refractivity contribution in [2.75, 3.05) is 0 Å². The van der Waals surface area contributed by atoms with E-state index in [1.807, 2.05) is 0 Å². The van der Waals surface area contributed by atoms with Crippen LogP contribution in [0, 0.1) is 0 Å². The molecular formula is C11H9ClO3. The van der Waals surface area contributed by atoms with Crippen molar-refractivity contribution in [2.45, 2.75) is 18.8 Å². The zero-order chi connectivity index (χ0) is 11.1. The van der Waals surface area contributed by atoms with E-state index in [0.29, 0.717) is 10.6 Å². The quantitative estimate of drug-likeness (QED) is 0.542. The van der Waals surface area contributed by atoms with Crippen LogP contribution in [-0.4, -0.2) is 11.9 Å². The molecule has 0 N–H and O–H groups in total. The highest BCUT2D eigenvalue weighted by atomic mass is 35.5. The molecule has 1 aliphatic rings. The maximum Gasteiger partial charge on any atom is 0.324 e. The van der Waals surface area contributed by atoms with Crippen molar-refractivity contribution in [2.24, 2.45) is 0 Å². The maximum atomic E-state index is 11.5. The highest BCUT2D eigenvalue weighted by molar-refractivity contribution is 6.30. The van der Waals surface area contributed by atoms with Gasteiger partial charge in [-0.15, -0.1) is 0 Å². The second-order valence-corrected chi connectivity index (χ2v) is 4.22. The molecule has 1 aromatic rings. The van der Waals surface area contributed by atoms with E-state index < -0.39 is 17.4 Å². The summed E-state index contributed by atoms with van der Waals surface area (Å²) in [6, 6.07) is 6.92. The molecule has 1 unspecified atom stereocenters. The predicted octanol–water partition coefficient (Wildman–Crippen LogP) is 2.07. The minimum Gasteiger partial charge on any atom is -0.392 e. The van der Waals surface area contributed by atoms with Gasteiger partial charge >= 0.3 is 11.9 Å². The summed E-state index contributed by atoms with van der Waals surface area (Å²) in [5.41, 5.74) is -0.173. The molecule has 1 aromatic carbocycles. The number of rotatable bonds is 1. The van der Waals surface area contributed by atoms with Crippen molar-refractivity contribution in [3.05, 3.63) is 34.9 Å². The highest BCUT2D eigenvalue weighted by Gasteiger charge is 2.46. The smallest absolute Gasteiger partial charge is 0.324 e. The van der Waals surface area contributed by atoms with Crippen LogP contribution in [0.2, 0.25) is 5.02 Å². The number of cyclic esters (lactones) is 2. The van der Waals surface area contributed by atoms with E-state index in [9.17, 15) is 9.59 Å². The minimum atomic E-state index is -0.887. The van der Waals surface area contributed by atoms with Gasteiger partial charge in [-0.25, -0.2) is 0 Å². The summed E-state index contributed by atoms with van der Waals surface area (Å²) in [6.45, 7) is 1.69. The van der Waals surface area contributed by atoms with E-state index in [2.05, 4.69) is 4.74 Å². The Bertz CT molecular complexity index is 441. The molecule has 0 aromatic heterocycles. The fourth-order valence-electron chi connectivity index (χ4n) is 1.66. The van der Waals surface area contributed by atoms with E-state index in [1.54, 1.807) is 31.2 Å². The molecule has 2 rings (SSSR count). The number of halogens is 1. The Balaban J connectivity index is 2.46. The summed E-state index contributed by atoms with van der Waals surface area (Å²) in [5, 5.41) is 0.542. The lowest BCUT2D eigenvalue weighted by molar-refractivity contribution is -0.153. The van der Waals surface area contributed by atoms with E-state index in [1.165, 1.54) is 0 Å². The molecule has 78 valence electrons. The molecule has 1 atom stereocenters. The van der Waals surface area contributed by atoms with Gasteiger partial charge in [0.1, 0.15) is 5.41 Å². The molecule has 1 aliphatic heterocycles. The van der Waals surface area contributed by atoms with E-state index in [0.717, 1.165) is 0 Å². The zero-order valence-electron chi connectivity index (χ0n) is 8.12. The number of ether oxygens (including phenoxy) is 1. The Morgan fingerprint density at radius 3 is 2.67 bits per heavy atom. The third-order valence-corrected chi connectivity index (χ3v) is 2.85. The Labute approximate surface area is 92.0 Å². The van der Waals surface area contributed by atoms with Crippen LogP contribution in [0.3, 0.4) is 0 Å². The lowest BCUT2D eigenvalue weighted by Gasteiger charge is -2.18. The third kappa shape index (κ3) is 1.63. The number of esters is 2. The van der Waals surface area contributed by atoms with E-state index in [-0.39, 0.29) is 6.42 Å². The van der Waals surface area contributed by atoms with Gasteiger partial charge in [0.25, 0.3) is 0 Å². The van der Waals surface area contributed by atoms with Crippen LogP contribution in [0.4, 0.5) is 0 Å². The topological polar surface area (TPSA) is 43.4 Å². The molecule has 0 aliphatic carbocycles. The van der Waals surface area contributed by atoms with Crippen LogP contribution in [-0.2, 0) is 19.7 Å². The first-order valence-corrected chi connectivity index (χ1v) is 4.91. The first-order valence-electron chi connectivity index (χ1n) is 4.53. The van der Waals surface area contributed by atoms with Crippen molar-refractivity contribution in [1.82, 2.24) is 0 Å². The first kappa shape index (κ1) is 10.2. The number of carbonyl (C=O) groups excluding carboxylic acids is 2. The lowest BCUT2D eigenvalue weighted by Crippen LogP contribution is -2.27. The van der Waals surface area contributed by atoms with Crippen molar-refractivity contribution < 1.29 is 14.3 Å². The molecule has 0 saturated carbocycles. The van der Waals surface area contributed by atoms with Crippen LogP contribution >= 0.6 is 11.6 Å². The Morgan fingerprint density at radius 1 is 1.40 bits per heavy atom. The van der Waals surface area contributed by atoms with Gasteiger partial charge in [0, 0.05) is 5.02 Å². The van der Waals surface area contributed by atoms with Gasteiger partial charge in [0.2, 0.25) is 0 Å². The summed E-state index contributed by atoms with van der Waals surface area (Å²) in [6.07, 6.45) is 0.0756. The summed E-state index contributed by atoms with van der Waals surface area (Å²) < 4.78 is 4.55. The summed E-state index contributed by atoms with van der Waals surface area (Å²) in [4.78, 5) is 22.6. The monoisotopic (exact) mass is 224 g/mol. The molecule has 0 amide bonds. The first-order chi connectivity index (χ1) is 7.02. The second-order valence-electron chi connectivity index (χ2n) is 3.78. The maximum absolute atomic E-state index is 11.5. The van der Waals surface area contributed by atoms with Crippen LogP contribution in [0.15, 0.2) is 24.3 Å². The third-order valence-electron chi connectivity index (χ3n) is 2.62. The Morgan fingerprint density at radius 2 is 2.13 bits per heavy atom. The average molecular weight is 225 g/mol. The largest absolute Gasteiger partial charge is 0.392 e. The Kier molecular flexibility index (Phi) is 2.27. The standard InChI is InChI=1S/C11H9ClO3/c1-11(6-9(13)15-10(11)14)7-3-2-4-8(12)5-7/h2-5H,6H2,1H3.